The minimum Gasteiger partial charge on any atom is -0.470 e. The van der Waals surface area contributed by atoms with Crippen LogP contribution in [0.5, 0.6) is 5.88 Å². The number of anilines is 1. The number of nitrogens with zero attached hydrogens (tertiary/aromatic N) is 4. The molecule has 0 aromatic carbocycles. The van der Waals surface area contributed by atoms with E-state index < -0.39 is 0 Å². The lowest BCUT2D eigenvalue weighted by molar-refractivity contribution is -0.114. The number of thiazole rings is 1. The molecule has 1 amide bonds. The summed E-state index contributed by atoms with van der Waals surface area (Å²) in [5.41, 5.74) is 1.33. The van der Waals surface area contributed by atoms with Gasteiger partial charge < -0.3 is 14.5 Å². The first-order valence-electron chi connectivity index (χ1n) is 8.39. The van der Waals surface area contributed by atoms with Crippen LogP contribution in [0.3, 0.4) is 0 Å². The number of furan rings is 1. The number of carbonyl (C=O) groups excluding carboxylic acids is 1. The number of likely N-dealkylation sites (tertiary alicyclic amines) is 1. The molecule has 0 bridgehead atoms. The first kappa shape index (κ1) is 16.9. The molecule has 26 heavy (non-hydrogen) atoms. The molecular formula is C17H19N5O3S. The summed E-state index contributed by atoms with van der Waals surface area (Å²) in [5.74, 6) is 0.382. The Morgan fingerprint density at radius 3 is 3.19 bits per heavy atom. The van der Waals surface area contributed by atoms with Gasteiger partial charge in [0.15, 0.2) is 5.13 Å². The van der Waals surface area contributed by atoms with Gasteiger partial charge in [0, 0.05) is 49.6 Å². The molecule has 0 aliphatic carbocycles. The normalized spacial score (nSPS) is 20.5. The van der Waals surface area contributed by atoms with E-state index in [4.69, 9.17) is 9.15 Å². The van der Waals surface area contributed by atoms with Crippen molar-refractivity contribution in [2.75, 3.05) is 11.9 Å². The van der Waals surface area contributed by atoms with Gasteiger partial charge in [0.1, 0.15) is 17.9 Å². The summed E-state index contributed by atoms with van der Waals surface area (Å²) in [6.45, 7) is 5.23. The number of fused-ring (bicyclic) bond motifs is 1. The van der Waals surface area contributed by atoms with Crippen molar-refractivity contribution in [1.82, 2.24) is 19.9 Å². The molecule has 0 radical (unpaired) electrons. The van der Waals surface area contributed by atoms with E-state index in [2.05, 4.69) is 32.1 Å². The Bertz CT molecular complexity index is 924. The number of carbonyl (C=O) groups is 1. The third kappa shape index (κ3) is 3.54. The van der Waals surface area contributed by atoms with Crippen LogP contribution < -0.4 is 10.1 Å². The van der Waals surface area contributed by atoms with Crippen molar-refractivity contribution in [1.29, 1.82) is 0 Å². The maximum absolute atomic E-state index is 11.1. The highest BCUT2D eigenvalue weighted by Gasteiger charge is 2.31. The van der Waals surface area contributed by atoms with Gasteiger partial charge in [-0.2, -0.15) is 4.98 Å². The van der Waals surface area contributed by atoms with Crippen molar-refractivity contribution in [2.24, 2.45) is 0 Å². The second-order valence-electron chi connectivity index (χ2n) is 6.38. The molecule has 136 valence electrons. The van der Waals surface area contributed by atoms with Crippen LogP contribution in [0.4, 0.5) is 5.13 Å². The smallest absolute Gasteiger partial charge is 0.261 e. The molecule has 3 aromatic heterocycles. The van der Waals surface area contributed by atoms with Crippen LogP contribution in [0.2, 0.25) is 0 Å². The summed E-state index contributed by atoms with van der Waals surface area (Å²) < 4.78 is 11.5. The summed E-state index contributed by atoms with van der Waals surface area (Å²) in [7, 11) is 0. The number of amides is 1. The lowest BCUT2D eigenvalue weighted by Crippen LogP contribution is -2.27. The van der Waals surface area contributed by atoms with Gasteiger partial charge in [0.2, 0.25) is 11.5 Å². The van der Waals surface area contributed by atoms with E-state index in [1.54, 1.807) is 12.3 Å². The average molecular weight is 373 g/mol. The van der Waals surface area contributed by atoms with Gasteiger partial charge in [-0.25, -0.2) is 9.97 Å². The first-order valence-corrected chi connectivity index (χ1v) is 9.21. The Hall–Kier alpha value is -2.52. The van der Waals surface area contributed by atoms with Crippen LogP contribution >= 0.6 is 11.3 Å². The SMILES string of the molecule is CC(=O)Nc1ncc(CN2CC(Oc3ncnc4ccoc34)CC2C)s1. The maximum Gasteiger partial charge on any atom is 0.261 e. The minimum atomic E-state index is -0.108. The second-order valence-corrected chi connectivity index (χ2v) is 7.50. The quantitative estimate of drug-likeness (QED) is 0.735. The zero-order valence-corrected chi connectivity index (χ0v) is 15.3. The predicted octanol–water partition coefficient (Wildman–Crippen LogP) is 2.68. The third-order valence-electron chi connectivity index (χ3n) is 4.35. The molecule has 3 aromatic rings. The fraction of sp³-hybridized carbons (Fsp3) is 0.412. The van der Waals surface area contributed by atoms with Gasteiger partial charge in [-0.1, -0.05) is 0 Å². The zero-order chi connectivity index (χ0) is 18.1. The van der Waals surface area contributed by atoms with Gasteiger partial charge >= 0.3 is 0 Å². The number of nitrogens with one attached hydrogen (secondary N) is 1. The monoisotopic (exact) mass is 373 g/mol. The molecule has 2 unspecified atom stereocenters. The average Bonchev–Trinajstić information content (AvgIpc) is 3.29. The van der Waals surface area contributed by atoms with Gasteiger partial charge in [0.05, 0.1) is 6.26 Å². The Labute approximate surface area is 154 Å². The number of ether oxygens (including phenoxy) is 1. The maximum atomic E-state index is 11.1. The first-order chi connectivity index (χ1) is 12.6. The molecule has 1 N–H and O–H groups in total. The van der Waals surface area contributed by atoms with Crippen molar-refractivity contribution in [3.05, 3.63) is 29.7 Å². The van der Waals surface area contributed by atoms with Crippen LogP contribution in [0.15, 0.2) is 29.3 Å². The predicted molar refractivity (Wildman–Crippen MR) is 97.1 cm³/mol. The highest BCUT2D eigenvalue weighted by molar-refractivity contribution is 7.15. The fourth-order valence-electron chi connectivity index (χ4n) is 3.15. The lowest BCUT2D eigenvalue weighted by atomic mass is 10.2. The largest absolute Gasteiger partial charge is 0.470 e. The molecular weight excluding hydrogens is 354 g/mol. The summed E-state index contributed by atoms with van der Waals surface area (Å²) in [6, 6.07) is 2.17. The molecule has 4 heterocycles. The Balaban J connectivity index is 1.40. The lowest BCUT2D eigenvalue weighted by Gasteiger charge is -2.19. The molecule has 1 aliphatic rings. The molecule has 1 fully saturated rings. The molecule has 0 saturated carbocycles. The molecule has 2 atom stereocenters. The molecule has 1 aliphatic heterocycles. The van der Waals surface area contributed by atoms with Gasteiger partial charge in [-0.05, 0) is 6.92 Å². The van der Waals surface area contributed by atoms with Gasteiger partial charge in [-0.3, -0.25) is 9.69 Å². The third-order valence-corrected chi connectivity index (χ3v) is 5.25. The summed E-state index contributed by atoms with van der Waals surface area (Å²) in [6.07, 6.45) is 5.84. The van der Waals surface area contributed by atoms with Gasteiger partial charge in [-0.15, -0.1) is 11.3 Å². The summed E-state index contributed by atoms with van der Waals surface area (Å²) in [4.78, 5) is 27.2. The topological polar surface area (TPSA) is 93.4 Å². The van der Waals surface area contributed by atoms with Crippen molar-refractivity contribution in [3.63, 3.8) is 0 Å². The van der Waals surface area contributed by atoms with E-state index in [1.807, 2.05) is 6.20 Å². The second kappa shape index (κ2) is 7.00. The number of rotatable bonds is 5. The zero-order valence-electron chi connectivity index (χ0n) is 14.5. The van der Waals surface area contributed by atoms with Gasteiger partial charge in [0.25, 0.3) is 5.88 Å². The fourth-order valence-corrected chi connectivity index (χ4v) is 4.03. The van der Waals surface area contributed by atoms with E-state index in [-0.39, 0.29) is 12.0 Å². The number of hydrogen-bond donors (Lipinski definition) is 1. The summed E-state index contributed by atoms with van der Waals surface area (Å²) in [5, 5.41) is 3.35. The van der Waals surface area contributed by atoms with Crippen LogP contribution in [-0.4, -0.2) is 44.4 Å². The van der Waals surface area contributed by atoms with Crippen LogP contribution in [0, 0.1) is 0 Å². The summed E-state index contributed by atoms with van der Waals surface area (Å²) >= 11 is 1.50. The minimum absolute atomic E-state index is 0.0379. The van der Waals surface area contributed by atoms with Crippen molar-refractivity contribution in [2.45, 2.75) is 39.0 Å². The van der Waals surface area contributed by atoms with Crippen LogP contribution in [0.1, 0.15) is 25.1 Å². The van der Waals surface area contributed by atoms with E-state index in [9.17, 15) is 4.79 Å². The Morgan fingerprint density at radius 2 is 2.35 bits per heavy atom. The van der Waals surface area contributed by atoms with E-state index in [0.717, 1.165) is 29.9 Å². The van der Waals surface area contributed by atoms with E-state index in [1.165, 1.54) is 24.6 Å². The molecule has 8 nitrogen and oxygen atoms in total. The van der Waals surface area contributed by atoms with Crippen LogP contribution in [0.25, 0.3) is 11.1 Å². The van der Waals surface area contributed by atoms with Crippen molar-refractivity contribution in [3.8, 4) is 5.88 Å². The number of aromatic nitrogens is 3. The number of hydrogen-bond acceptors (Lipinski definition) is 8. The van der Waals surface area contributed by atoms with Crippen LogP contribution in [-0.2, 0) is 11.3 Å². The standard InChI is InChI=1S/C17H19N5O3S/c1-10-5-12(25-16-15-14(3-4-24-15)19-9-20-16)7-22(10)8-13-6-18-17(26-13)21-11(2)23/h3-4,6,9-10,12H,5,7-8H2,1-2H3,(H,18,21,23). The van der Waals surface area contributed by atoms with E-state index in [0.29, 0.717) is 22.6 Å². The van der Waals surface area contributed by atoms with Crippen molar-refractivity contribution >= 4 is 33.5 Å². The van der Waals surface area contributed by atoms with Crippen molar-refractivity contribution < 1.29 is 13.9 Å². The highest BCUT2D eigenvalue weighted by Crippen LogP contribution is 2.29. The molecule has 4 rings (SSSR count). The highest BCUT2D eigenvalue weighted by atomic mass is 32.1. The van der Waals surface area contributed by atoms with E-state index >= 15 is 0 Å². The molecule has 1 saturated heterocycles. The molecule has 9 heteroatoms. The Kier molecular flexibility index (Phi) is 4.56. The molecule has 0 spiro atoms. The Morgan fingerprint density at radius 1 is 1.46 bits per heavy atom.